The van der Waals surface area contributed by atoms with Crippen molar-refractivity contribution in [2.75, 3.05) is 50.8 Å². The molecule has 178 valence electrons. The smallest absolute Gasteiger partial charge is 0.324 e. The van der Waals surface area contributed by atoms with Crippen LogP contribution in [-0.4, -0.2) is 72.8 Å². The Kier molecular flexibility index (Phi) is 8.06. The summed E-state index contributed by atoms with van der Waals surface area (Å²) in [6.45, 7) is 3.77. The van der Waals surface area contributed by atoms with Gasteiger partial charge in [0.2, 0.25) is 17.6 Å². The molecule has 1 atom stereocenters. The second-order valence-corrected chi connectivity index (χ2v) is 9.17. The third-order valence-electron chi connectivity index (χ3n) is 5.90. The lowest BCUT2D eigenvalue weighted by Gasteiger charge is -2.28. The van der Waals surface area contributed by atoms with Gasteiger partial charge in [-0.25, -0.2) is 0 Å². The molecule has 1 aromatic carbocycles. The Morgan fingerprint density at radius 3 is 2.73 bits per heavy atom. The van der Waals surface area contributed by atoms with Gasteiger partial charge < -0.3 is 24.4 Å². The summed E-state index contributed by atoms with van der Waals surface area (Å²) in [7, 11) is 0. The monoisotopic (exact) mass is 495 g/mol. The number of halogens is 2. The number of hydrogen-bond acceptors (Lipinski definition) is 7. The number of ether oxygens (including phenoxy) is 1. The Bertz CT molecular complexity index is 959. The highest BCUT2D eigenvalue weighted by molar-refractivity contribution is 6.35. The maximum absolute atomic E-state index is 12.9. The average molecular weight is 496 g/mol. The van der Waals surface area contributed by atoms with E-state index in [-0.39, 0.29) is 11.8 Å². The minimum atomic E-state index is -0.0846. The molecular weight excluding hydrogens is 469 g/mol. The Labute approximate surface area is 202 Å². The number of carbonyl (C=O) groups excluding carboxylic acids is 2. The van der Waals surface area contributed by atoms with Crippen LogP contribution in [0, 0.1) is 5.92 Å². The fourth-order valence-corrected chi connectivity index (χ4v) is 4.53. The van der Waals surface area contributed by atoms with Crippen molar-refractivity contribution in [3.8, 4) is 11.4 Å². The predicted molar refractivity (Wildman–Crippen MR) is 124 cm³/mol. The van der Waals surface area contributed by atoms with Crippen molar-refractivity contribution in [2.45, 2.75) is 25.7 Å². The molecule has 2 aliphatic rings. The molecule has 4 rings (SSSR count). The van der Waals surface area contributed by atoms with Crippen LogP contribution in [0.25, 0.3) is 11.4 Å². The fourth-order valence-electron chi connectivity index (χ4n) is 4.00. The number of carbonyl (C=O) groups is 2. The molecule has 0 spiro atoms. The summed E-state index contributed by atoms with van der Waals surface area (Å²) in [5.41, 5.74) is 0.643. The van der Waals surface area contributed by atoms with E-state index < -0.39 is 0 Å². The number of anilines is 1. The molecule has 0 aliphatic carbocycles. The van der Waals surface area contributed by atoms with Crippen LogP contribution in [-0.2, 0) is 14.3 Å². The molecule has 3 heterocycles. The Balaban J connectivity index is 1.44. The van der Waals surface area contributed by atoms with Gasteiger partial charge in [0.25, 0.3) is 0 Å². The van der Waals surface area contributed by atoms with Crippen LogP contribution >= 0.6 is 23.2 Å². The molecule has 11 heteroatoms. The molecule has 9 nitrogen and oxygen atoms in total. The van der Waals surface area contributed by atoms with Crippen LogP contribution in [0.1, 0.15) is 25.7 Å². The van der Waals surface area contributed by atoms with E-state index in [0.717, 1.165) is 26.1 Å². The highest BCUT2D eigenvalue weighted by Gasteiger charge is 2.23. The van der Waals surface area contributed by atoms with Gasteiger partial charge >= 0.3 is 6.01 Å². The summed E-state index contributed by atoms with van der Waals surface area (Å²) < 4.78 is 10.9. The zero-order valence-corrected chi connectivity index (χ0v) is 19.8. The fraction of sp³-hybridized carbons (Fsp3) is 0.545. The SMILES string of the molecule is O=C1CCN(C(=O)CCC2CCOC2)CCN(c2nc(-c3cc(Cl)cc(Cl)c3)no2)CCN1. The van der Waals surface area contributed by atoms with E-state index in [4.69, 9.17) is 32.5 Å². The van der Waals surface area contributed by atoms with E-state index in [2.05, 4.69) is 15.5 Å². The van der Waals surface area contributed by atoms with E-state index in [0.29, 0.717) is 78.9 Å². The molecular formula is C22H27Cl2N5O4. The predicted octanol–water partition coefficient (Wildman–Crippen LogP) is 3.02. The molecule has 2 fully saturated rings. The van der Waals surface area contributed by atoms with Gasteiger partial charge in [0.05, 0.1) is 0 Å². The number of amides is 2. The number of nitrogens with one attached hydrogen (secondary N) is 1. The first-order valence-corrected chi connectivity index (χ1v) is 11.9. The summed E-state index contributed by atoms with van der Waals surface area (Å²) in [6, 6.07) is 5.36. The lowest BCUT2D eigenvalue weighted by Crippen LogP contribution is -2.45. The average Bonchev–Trinajstić information content (AvgIpc) is 3.48. The summed E-state index contributed by atoms with van der Waals surface area (Å²) in [4.78, 5) is 33.2. The van der Waals surface area contributed by atoms with E-state index in [1.54, 1.807) is 23.1 Å². The zero-order chi connectivity index (χ0) is 23.2. The van der Waals surface area contributed by atoms with Crippen molar-refractivity contribution in [1.82, 2.24) is 20.4 Å². The minimum Gasteiger partial charge on any atom is -0.381 e. The zero-order valence-electron chi connectivity index (χ0n) is 18.3. The highest BCUT2D eigenvalue weighted by Crippen LogP contribution is 2.27. The largest absolute Gasteiger partial charge is 0.381 e. The number of benzene rings is 1. The molecule has 1 unspecified atom stereocenters. The highest BCUT2D eigenvalue weighted by atomic mass is 35.5. The third kappa shape index (κ3) is 6.59. The number of aromatic nitrogens is 2. The van der Waals surface area contributed by atoms with Crippen LogP contribution < -0.4 is 10.2 Å². The third-order valence-corrected chi connectivity index (χ3v) is 6.34. The van der Waals surface area contributed by atoms with Gasteiger partial charge in [-0.2, -0.15) is 4.98 Å². The van der Waals surface area contributed by atoms with Crippen LogP contribution in [0.5, 0.6) is 0 Å². The van der Waals surface area contributed by atoms with Gasteiger partial charge in [-0.15, -0.1) is 0 Å². The summed E-state index contributed by atoms with van der Waals surface area (Å²) in [6.07, 6.45) is 2.55. The van der Waals surface area contributed by atoms with Crippen LogP contribution in [0.3, 0.4) is 0 Å². The summed E-state index contributed by atoms with van der Waals surface area (Å²) in [5.74, 6) is 0.766. The Morgan fingerprint density at radius 2 is 1.97 bits per heavy atom. The molecule has 33 heavy (non-hydrogen) atoms. The van der Waals surface area contributed by atoms with E-state index in [9.17, 15) is 9.59 Å². The molecule has 2 aliphatic heterocycles. The summed E-state index contributed by atoms with van der Waals surface area (Å²) in [5, 5.41) is 7.89. The van der Waals surface area contributed by atoms with Gasteiger partial charge in [-0.3, -0.25) is 9.59 Å². The van der Waals surface area contributed by atoms with E-state index >= 15 is 0 Å². The van der Waals surface area contributed by atoms with Crippen LogP contribution in [0.2, 0.25) is 10.0 Å². The molecule has 2 amide bonds. The van der Waals surface area contributed by atoms with E-state index in [1.165, 1.54) is 0 Å². The van der Waals surface area contributed by atoms with Crippen LogP contribution in [0.4, 0.5) is 6.01 Å². The first kappa shape index (κ1) is 23.8. The lowest BCUT2D eigenvalue weighted by molar-refractivity contribution is -0.132. The minimum absolute atomic E-state index is 0.0509. The molecule has 1 aromatic heterocycles. The first-order valence-electron chi connectivity index (χ1n) is 11.2. The quantitative estimate of drug-likeness (QED) is 0.679. The van der Waals surface area contributed by atoms with Gasteiger partial charge in [0.15, 0.2) is 0 Å². The van der Waals surface area contributed by atoms with Crippen LogP contribution in [0.15, 0.2) is 22.7 Å². The van der Waals surface area contributed by atoms with Gasteiger partial charge in [0.1, 0.15) is 0 Å². The second kappa shape index (κ2) is 11.2. The molecule has 2 saturated heterocycles. The van der Waals surface area contributed by atoms with Crippen molar-refractivity contribution in [1.29, 1.82) is 0 Å². The number of rotatable bonds is 5. The van der Waals surface area contributed by atoms with Crippen molar-refractivity contribution in [3.63, 3.8) is 0 Å². The molecule has 0 bridgehead atoms. The number of nitrogens with zero attached hydrogens (tertiary/aromatic N) is 4. The first-order chi connectivity index (χ1) is 16.0. The maximum Gasteiger partial charge on any atom is 0.324 e. The molecule has 0 radical (unpaired) electrons. The summed E-state index contributed by atoms with van der Waals surface area (Å²) >= 11 is 12.2. The maximum atomic E-state index is 12.9. The van der Waals surface area contributed by atoms with Gasteiger partial charge in [0, 0.05) is 74.4 Å². The standard InChI is InChI=1S/C22H27Cl2N5O4/c23-17-11-16(12-18(24)13-17)21-26-22(33-27-21)29-7-5-25-19(30)3-6-28(8-9-29)20(31)2-1-15-4-10-32-14-15/h11-13,15H,1-10,14H2,(H,25,30). The topological polar surface area (TPSA) is 101 Å². The normalized spacial score (nSPS) is 20.1. The molecule has 1 N–H and O–H groups in total. The Morgan fingerprint density at radius 1 is 1.15 bits per heavy atom. The molecule has 0 saturated carbocycles. The second-order valence-electron chi connectivity index (χ2n) is 8.29. The van der Waals surface area contributed by atoms with Gasteiger partial charge in [-0.1, -0.05) is 28.4 Å². The Hall–Kier alpha value is -2.36. The van der Waals surface area contributed by atoms with Crippen molar-refractivity contribution >= 4 is 41.0 Å². The lowest BCUT2D eigenvalue weighted by atomic mass is 10.0. The number of hydrogen-bond donors (Lipinski definition) is 1. The van der Waals surface area contributed by atoms with Gasteiger partial charge in [-0.05, 0) is 37.0 Å². The van der Waals surface area contributed by atoms with Crippen molar-refractivity contribution < 1.29 is 18.8 Å². The van der Waals surface area contributed by atoms with Crippen molar-refractivity contribution in [3.05, 3.63) is 28.2 Å². The van der Waals surface area contributed by atoms with Crippen molar-refractivity contribution in [2.24, 2.45) is 5.92 Å². The van der Waals surface area contributed by atoms with E-state index in [1.807, 2.05) is 4.90 Å². The molecule has 2 aromatic rings.